The minimum Gasteiger partial charge on any atom is -0.356 e. The number of hydrogen-bond acceptors (Lipinski definition) is 2. The molecule has 1 rings (SSSR count). The first kappa shape index (κ1) is 14.0. The van der Waals surface area contributed by atoms with Crippen molar-refractivity contribution in [2.75, 3.05) is 13.7 Å². The Morgan fingerprint density at radius 1 is 1.12 bits per heavy atom. The molecule has 0 aromatic rings. The monoisotopic (exact) mass is 228 g/mol. The van der Waals surface area contributed by atoms with Gasteiger partial charge in [0.15, 0.2) is 6.29 Å². The largest absolute Gasteiger partial charge is 0.356 e. The van der Waals surface area contributed by atoms with Crippen LogP contribution < -0.4 is 0 Å². The van der Waals surface area contributed by atoms with E-state index in [1.807, 2.05) is 0 Å². The zero-order valence-electron chi connectivity index (χ0n) is 11.2. The molecule has 0 aliphatic carbocycles. The molecule has 1 saturated heterocycles. The number of unbranched alkanes of at least 4 members (excludes halogenated alkanes) is 5. The van der Waals surface area contributed by atoms with Crippen LogP contribution in [0.5, 0.6) is 0 Å². The second-order valence-electron chi connectivity index (χ2n) is 5.14. The summed E-state index contributed by atoms with van der Waals surface area (Å²) in [6, 6.07) is 0. The number of rotatable bonds is 8. The van der Waals surface area contributed by atoms with E-state index in [-0.39, 0.29) is 6.29 Å². The lowest BCUT2D eigenvalue weighted by atomic mass is 9.91. The van der Waals surface area contributed by atoms with E-state index in [0.29, 0.717) is 11.8 Å². The average Bonchev–Trinajstić information content (AvgIpc) is 2.65. The summed E-state index contributed by atoms with van der Waals surface area (Å²) in [5.74, 6) is 1.29. The molecular weight excluding hydrogens is 200 g/mol. The van der Waals surface area contributed by atoms with Crippen LogP contribution in [0.25, 0.3) is 0 Å². The maximum Gasteiger partial charge on any atom is 0.160 e. The van der Waals surface area contributed by atoms with Crippen LogP contribution in [0.2, 0.25) is 0 Å². The normalized spacial score (nSPS) is 29.8. The van der Waals surface area contributed by atoms with Crippen molar-refractivity contribution < 1.29 is 9.47 Å². The highest BCUT2D eigenvalue weighted by Gasteiger charge is 2.33. The van der Waals surface area contributed by atoms with Gasteiger partial charge in [-0.05, 0) is 12.3 Å². The van der Waals surface area contributed by atoms with Gasteiger partial charge in [0.25, 0.3) is 0 Å². The Morgan fingerprint density at radius 3 is 2.50 bits per heavy atom. The van der Waals surface area contributed by atoms with Crippen molar-refractivity contribution >= 4 is 0 Å². The number of hydrogen-bond donors (Lipinski definition) is 0. The molecule has 2 nitrogen and oxygen atoms in total. The summed E-state index contributed by atoms with van der Waals surface area (Å²) in [7, 11) is 1.76. The van der Waals surface area contributed by atoms with Crippen LogP contribution in [-0.4, -0.2) is 20.0 Å². The Kier molecular flexibility index (Phi) is 7.06. The molecule has 1 aliphatic heterocycles. The van der Waals surface area contributed by atoms with Gasteiger partial charge in [-0.3, -0.25) is 0 Å². The SMILES string of the molecule is CCCCCCCC[C@H]1C(OC)OC[C@H]1C. The van der Waals surface area contributed by atoms with Crippen molar-refractivity contribution in [3.05, 3.63) is 0 Å². The molecule has 96 valence electrons. The van der Waals surface area contributed by atoms with Gasteiger partial charge >= 0.3 is 0 Å². The molecule has 1 aliphatic rings. The van der Waals surface area contributed by atoms with Crippen LogP contribution in [0.15, 0.2) is 0 Å². The molecule has 0 spiro atoms. The number of methoxy groups -OCH3 is 1. The molecule has 2 heteroatoms. The quantitative estimate of drug-likeness (QED) is 0.585. The van der Waals surface area contributed by atoms with Crippen LogP contribution in [0.3, 0.4) is 0 Å². The maximum atomic E-state index is 5.60. The zero-order valence-corrected chi connectivity index (χ0v) is 11.2. The molecule has 0 aromatic carbocycles. The lowest BCUT2D eigenvalue weighted by Gasteiger charge is -2.19. The summed E-state index contributed by atoms with van der Waals surface area (Å²) in [6.07, 6.45) is 9.57. The molecule has 0 N–H and O–H groups in total. The van der Waals surface area contributed by atoms with Crippen molar-refractivity contribution in [2.24, 2.45) is 11.8 Å². The van der Waals surface area contributed by atoms with Crippen LogP contribution in [0.1, 0.15) is 58.8 Å². The summed E-state index contributed by atoms with van der Waals surface area (Å²) < 4.78 is 11.0. The Labute approximate surface area is 101 Å². The standard InChI is InChI=1S/C14H28O2/c1-4-5-6-7-8-9-10-13-12(2)11-16-14(13)15-3/h12-14H,4-11H2,1-3H3/t12-,13-,14?/m1/s1. The first-order chi connectivity index (χ1) is 7.79. The molecule has 1 fully saturated rings. The minimum atomic E-state index is 0.0608. The van der Waals surface area contributed by atoms with Gasteiger partial charge in [0.05, 0.1) is 6.61 Å². The Balaban J connectivity index is 2.06. The summed E-state index contributed by atoms with van der Waals surface area (Å²) in [6.45, 7) is 5.42. The van der Waals surface area contributed by atoms with Crippen molar-refractivity contribution in [2.45, 2.75) is 65.1 Å². The van der Waals surface area contributed by atoms with E-state index in [1.54, 1.807) is 7.11 Å². The highest BCUT2D eigenvalue weighted by molar-refractivity contribution is 4.75. The highest BCUT2D eigenvalue weighted by atomic mass is 16.7. The van der Waals surface area contributed by atoms with E-state index < -0.39 is 0 Å². The third-order valence-electron chi connectivity index (χ3n) is 3.73. The first-order valence-electron chi connectivity index (χ1n) is 6.94. The fourth-order valence-corrected chi connectivity index (χ4v) is 2.59. The molecule has 0 radical (unpaired) electrons. The molecule has 0 amide bonds. The first-order valence-corrected chi connectivity index (χ1v) is 6.94. The molecule has 1 unspecified atom stereocenters. The minimum absolute atomic E-state index is 0.0608. The van der Waals surface area contributed by atoms with Crippen LogP contribution in [-0.2, 0) is 9.47 Å². The van der Waals surface area contributed by atoms with Gasteiger partial charge in [-0.15, -0.1) is 0 Å². The average molecular weight is 228 g/mol. The van der Waals surface area contributed by atoms with Gasteiger partial charge in [0.2, 0.25) is 0 Å². The van der Waals surface area contributed by atoms with Crippen molar-refractivity contribution in [1.82, 2.24) is 0 Å². The van der Waals surface area contributed by atoms with Gasteiger partial charge in [-0.1, -0.05) is 52.4 Å². The maximum absolute atomic E-state index is 5.60. The molecule has 0 saturated carbocycles. The summed E-state index contributed by atoms with van der Waals surface area (Å²) in [4.78, 5) is 0. The molecule has 16 heavy (non-hydrogen) atoms. The van der Waals surface area contributed by atoms with Crippen molar-refractivity contribution in [1.29, 1.82) is 0 Å². The topological polar surface area (TPSA) is 18.5 Å². The molecule has 0 aromatic heterocycles. The molecule has 3 atom stereocenters. The van der Waals surface area contributed by atoms with Crippen LogP contribution in [0, 0.1) is 11.8 Å². The second kappa shape index (κ2) is 8.08. The van der Waals surface area contributed by atoms with E-state index in [2.05, 4.69) is 13.8 Å². The second-order valence-corrected chi connectivity index (χ2v) is 5.14. The van der Waals surface area contributed by atoms with Crippen LogP contribution in [0.4, 0.5) is 0 Å². The van der Waals surface area contributed by atoms with Gasteiger partial charge in [0, 0.05) is 13.0 Å². The molecule has 1 heterocycles. The van der Waals surface area contributed by atoms with E-state index in [9.17, 15) is 0 Å². The molecule has 0 bridgehead atoms. The van der Waals surface area contributed by atoms with E-state index in [0.717, 1.165) is 6.61 Å². The Bertz CT molecular complexity index is 170. The third kappa shape index (κ3) is 4.42. The highest BCUT2D eigenvalue weighted by Crippen LogP contribution is 2.31. The van der Waals surface area contributed by atoms with E-state index in [1.165, 1.54) is 44.9 Å². The number of ether oxygens (including phenoxy) is 2. The van der Waals surface area contributed by atoms with Crippen molar-refractivity contribution in [3.8, 4) is 0 Å². The lowest BCUT2D eigenvalue weighted by Crippen LogP contribution is -2.21. The van der Waals surface area contributed by atoms with Gasteiger partial charge in [0.1, 0.15) is 0 Å². The van der Waals surface area contributed by atoms with Gasteiger partial charge in [-0.25, -0.2) is 0 Å². The predicted octanol–water partition coefficient (Wildman–Crippen LogP) is 3.99. The fourth-order valence-electron chi connectivity index (χ4n) is 2.59. The van der Waals surface area contributed by atoms with Gasteiger partial charge in [-0.2, -0.15) is 0 Å². The summed E-state index contributed by atoms with van der Waals surface area (Å²) in [5, 5.41) is 0. The van der Waals surface area contributed by atoms with Crippen molar-refractivity contribution in [3.63, 3.8) is 0 Å². The Hall–Kier alpha value is -0.0800. The van der Waals surface area contributed by atoms with E-state index in [4.69, 9.17) is 9.47 Å². The lowest BCUT2D eigenvalue weighted by molar-refractivity contribution is -0.111. The smallest absolute Gasteiger partial charge is 0.160 e. The third-order valence-corrected chi connectivity index (χ3v) is 3.73. The summed E-state index contributed by atoms with van der Waals surface area (Å²) in [5.41, 5.74) is 0. The Morgan fingerprint density at radius 2 is 1.81 bits per heavy atom. The van der Waals surface area contributed by atoms with E-state index >= 15 is 0 Å². The fraction of sp³-hybridized carbons (Fsp3) is 1.00. The van der Waals surface area contributed by atoms with Crippen LogP contribution >= 0.6 is 0 Å². The summed E-state index contributed by atoms with van der Waals surface area (Å²) >= 11 is 0. The zero-order chi connectivity index (χ0) is 11.8. The van der Waals surface area contributed by atoms with Gasteiger partial charge < -0.3 is 9.47 Å². The molecular formula is C14H28O2. The predicted molar refractivity (Wildman–Crippen MR) is 67.4 cm³/mol.